The highest BCUT2D eigenvalue weighted by atomic mass is 15.1. The molecular weight excluding hydrogens is 322 g/mol. The molecule has 2 heterocycles. The Kier molecular flexibility index (Phi) is 3.35. The Hall–Kier alpha value is -3.73. The molecule has 0 amide bonds. The highest BCUT2D eigenvalue weighted by Crippen LogP contribution is 2.28. The van der Waals surface area contributed by atoms with Gasteiger partial charge in [-0.05, 0) is 42.5 Å². The van der Waals surface area contributed by atoms with Gasteiger partial charge in [0.1, 0.15) is 5.82 Å². The summed E-state index contributed by atoms with van der Waals surface area (Å²) in [7, 11) is 0. The van der Waals surface area contributed by atoms with Crippen LogP contribution in [0.5, 0.6) is 0 Å². The van der Waals surface area contributed by atoms with Crippen LogP contribution in [-0.4, -0.2) is 20.2 Å². The average Bonchev–Trinajstić information content (AvgIpc) is 3.16. The summed E-state index contributed by atoms with van der Waals surface area (Å²) in [5.74, 6) is 1.45. The lowest BCUT2D eigenvalue weighted by atomic mass is 10.1. The van der Waals surface area contributed by atoms with Gasteiger partial charge in [-0.25, -0.2) is 9.97 Å². The van der Waals surface area contributed by atoms with E-state index in [4.69, 9.17) is 9.97 Å². The van der Waals surface area contributed by atoms with Crippen molar-refractivity contribution in [2.24, 2.45) is 0 Å². The van der Waals surface area contributed by atoms with E-state index >= 15 is 0 Å². The number of aromatic nitrogens is 4. The van der Waals surface area contributed by atoms with Gasteiger partial charge in [-0.3, -0.25) is 5.10 Å². The van der Waals surface area contributed by atoms with Crippen LogP contribution < -0.4 is 5.32 Å². The van der Waals surface area contributed by atoms with Crippen molar-refractivity contribution in [1.82, 2.24) is 20.2 Å². The molecular formula is C21H14N5. The van der Waals surface area contributed by atoms with Crippen molar-refractivity contribution in [3.05, 3.63) is 79.0 Å². The number of aromatic amines is 1. The molecule has 0 atom stereocenters. The van der Waals surface area contributed by atoms with Crippen LogP contribution >= 0.6 is 0 Å². The first kappa shape index (κ1) is 14.6. The minimum atomic E-state index is 0.674. The highest BCUT2D eigenvalue weighted by Gasteiger charge is 2.10. The SMILES string of the molecule is [c]1cccc(-c2nc(Nc3ccc4[nH]ncc4c3)c3ccccc3n2)c1. The Bertz CT molecular complexity index is 1210. The van der Waals surface area contributed by atoms with E-state index < -0.39 is 0 Å². The minimum Gasteiger partial charge on any atom is -0.340 e. The lowest BCUT2D eigenvalue weighted by Gasteiger charge is -2.11. The first-order valence-corrected chi connectivity index (χ1v) is 8.30. The lowest BCUT2D eigenvalue weighted by Crippen LogP contribution is -1.99. The fourth-order valence-corrected chi connectivity index (χ4v) is 2.99. The molecule has 123 valence electrons. The van der Waals surface area contributed by atoms with Crippen molar-refractivity contribution < 1.29 is 0 Å². The van der Waals surface area contributed by atoms with Gasteiger partial charge in [-0.1, -0.05) is 30.3 Å². The Labute approximate surface area is 149 Å². The molecule has 2 N–H and O–H groups in total. The zero-order valence-corrected chi connectivity index (χ0v) is 13.8. The molecule has 5 heteroatoms. The van der Waals surface area contributed by atoms with E-state index in [0.29, 0.717) is 5.82 Å². The van der Waals surface area contributed by atoms with Gasteiger partial charge in [-0.15, -0.1) is 0 Å². The van der Waals surface area contributed by atoms with Crippen molar-refractivity contribution in [1.29, 1.82) is 0 Å². The third kappa shape index (κ3) is 2.56. The molecule has 0 saturated heterocycles. The standard InChI is InChI=1S/C21H14N5/c1-2-6-14(7-3-1)20-24-19-9-5-4-8-17(19)21(25-20)23-16-10-11-18-15(12-16)13-22-26-18/h1-2,4-13H,(H,22,26)(H,23,24,25). The number of nitrogens with one attached hydrogen (secondary N) is 2. The zero-order valence-electron chi connectivity index (χ0n) is 13.8. The van der Waals surface area contributed by atoms with Crippen molar-refractivity contribution in [2.45, 2.75) is 0 Å². The Balaban J connectivity index is 1.65. The first-order chi connectivity index (χ1) is 12.9. The maximum atomic E-state index is 4.77. The van der Waals surface area contributed by atoms with Gasteiger partial charge in [0.15, 0.2) is 5.82 Å². The van der Waals surface area contributed by atoms with Crippen LogP contribution in [0.15, 0.2) is 72.9 Å². The number of para-hydroxylation sites is 1. The maximum absolute atomic E-state index is 4.77. The topological polar surface area (TPSA) is 66.5 Å². The summed E-state index contributed by atoms with van der Waals surface area (Å²) in [5.41, 5.74) is 3.79. The third-order valence-corrected chi connectivity index (χ3v) is 4.27. The second-order valence-electron chi connectivity index (χ2n) is 6.00. The zero-order chi connectivity index (χ0) is 17.3. The Morgan fingerprint density at radius 1 is 0.962 bits per heavy atom. The molecule has 0 aliphatic carbocycles. The van der Waals surface area contributed by atoms with E-state index in [-0.39, 0.29) is 0 Å². The number of anilines is 2. The molecule has 0 aliphatic rings. The van der Waals surface area contributed by atoms with Crippen LogP contribution in [0, 0.1) is 6.07 Å². The Morgan fingerprint density at radius 2 is 1.92 bits per heavy atom. The predicted molar refractivity (Wildman–Crippen MR) is 103 cm³/mol. The summed E-state index contributed by atoms with van der Waals surface area (Å²) in [6.45, 7) is 0. The molecule has 0 spiro atoms. The number of benzene rings is 3. The summed E-state index contributed by atoms with van der Waals surface area (Å²) >= 11 is 0. The molecule has 5 rings (SSSR count). The van der Waals surface area contributed by atoms with Gasteiger partial charge in [0, 0.05) is 22.0 Å². The van der Waals surface area contributed by atoms with E-state index in [1.807, 2.05) is 72.9 Å². The summed E-state index contributed by atoms with van der Waals surface area (Å²) in [4.78, 5) is 9.47. The summed E-state index contributed by atoms with van der Waals surface area (Å²) in [6.07, 6.45) is 1.81. The smallest absolute Gasteiger partial charge is 0.162 e. The summed E-state index contributed by atoms with van der Waals surface area (Å²) < 4.78 is 0. The van der Waals surface area contributed by atoms with Gasteiger partial charge in [0.25, 0.3) is 0 Å². The molecule has 5 aromatic rings. The maximum Gasteiger partial charge on any atom is 0.162 e. The number of H-pyrrole nitrogens is 1. The number of fused-ring (bicyclic) bond motifs is 2. The Morgan fingerprint density at radius 3 is 2.85 bits per heavy atom. The molecule has 2 aromatic heterocycles. The van der Waals surface area contributed by atoms with Crippen LogP contribution in [0.3, 0.4) is 0 Å². The molecule has 0 unspecified atom stereocenters. The number of hydrogen-bond donors (Lipinski definition) is 2. The highest BCUT2D eigenvalue weighted by molar-refractivity contribution is 5.93. The molecule has 26 heavy (non-hydrogen) atoms. The van der Waals surface area contributed by atoms with E-state index in [1.54, 1.807) is 0 Å². The van der Waals surface area contributed by atoms with Crippen molar-refractivity contribution in [2.75, 3.05) is 5.32 Å². The summed E-state index contributed by atoms with van der Waals surface area (Å²) in [6, 6.07) is 24.8. The molecule has 0 fully saturated rings. The second-order valence-corrected chi connectivity index (χ2v) is 6.00. The monoisotopic (exact) mass is 336 g/mol. The average molecular weight is 336 g/mol. The van der Waals surface area contributed by atoms with Gasteiger partial charge >= 0.3 is 0 Å². The van der Waals surface area contributed by atoms with Gasteiger partial charge in [0.2, 0.25) is 0 Å². The number of rotatable bonds is 3. The largest absolute Gasteiger partial charge is 0.340 e. The van der Waals surface area contributed by atoms with Crippen molar-refractivity contribution in [3.63, 3.8) is 0 Å². The van der Waals surface area contributed by atoms with Crippen LogP contribution in [-0.2, 0) is 0 Å². The number of nitrogens with zero attached hydrogens (tertiary/aromatic N) is 3. The number of hydrogen-bond acceptors (Lipinski definition) is 4. The van der Waals surface area contributed by atoms with Gasteiger partial charge in [0.05, 0.1) is 17.2 Å². The van der Waals surface area contributed by atoms with Crippen LogP contribution in [0.1, 0.15) is 0 Å². The first-order valence-electron chi connectivity index (χ1n) is 8.30. The predicted octanol–water partition coefficient (Wildman–Crippen LogP) is 4.72. The summed E-state index contributed by atoms with van der Waals surface area (Å²) in [5, 5.41) is 12.5. The molecule has 1 radical (unpaired) electrons. The second kappa shape index (κ2) is 5.97. The van der Waals surface area contributed by atoms with E-state index in [0.717, 1.165) is 38.9 Å². The fraction of sp³-hybridized carbons (Fsp3) is 0. The van der Waals surface area contributed by atoms with E-state index in [9.17, 15) is 0 Å². The van der Waals surface area contributed by atoms with Gasteiger partial charge < -0.3 is 5.32 Å². The quantitative estimate of drug-likeness (QED) is 0.500. The molecule has 5 nitrogen and oxygen atoms in total. The molecule has 3 aromatic carbocycles. The molecule has 0 bridgehead atoms. The molecule has 0 aliphatic heterocycles. The normalized spacial score (nSPS) is 11.1. The van der Waals surface area contributed by atoms with Crippen LogP contribution in [0.25, 0.3) is 33.2 Å². The third-order valence-electron chi connectivity index (χ3n) is 4.27. The van der Waals surface area contributed by atoms with E-state index in [1.165, 1.54) is 0 Å². The van der Waals surface area contributed by atoms with Crippen LogP contribution in [0.2, 0.25) is 0 Å². The van der Waals surface area contributed by atoms with Gasteiger partial charge in [-0.2, -0.15) is 5.10 Å². The minimum absolute atomic E-state index is 0.674. The molecule has 0 saturated carbocycles. The van der Waals surface area contributed by atoms with Crippen molar-refractivity contribution in [3.8, 4) is 11.4 Å². The fourth-order valence-electron chi connectivity index (χ4n) is 2.99. The van der Waals surface area contributed by atoms with Crippen molar-refractivity contribution >= 4 is 33.3 Å². The van der Waals surface area contributed by atoms with Crippen LogP contribution in [0.4, 0.5) is 11.5 Å². The van der Waals surface area contributed by atoms with E-state index in [2.05, 4.69) is 21.6 Å². The lowest BCUT2D eigenvalue weighted by molar-refractivity contribution is 1.12.